The zero-order chi connectivity index (χ0) is 41.9. The summed E-state index contributed by atoms with van der Waals surface area (Å²) in [5.41, 5.74) is 10.1. The third kappa shape index (κ3) is 5.51. The van der Waals surface area contributed by atoms with E-state index in [1.165, 1.54) is 62.2 Å². The molecular formula is C57H32N4OS2. The van der Waals surface area contributed by atoms with Crippen LogP contribution in [0.1, 0.15) is 0 Å². The van der Waals surface area contributed by atoms with E-state index < -0.39 is 0 Å². The zero-order valence-electron chi connectivity index (χ0n) is 34.0. The highest BCUT2D eigenvalue weighted by atomic mass is 32.1. The molecule has 0 aliphatic carbocycles. The van der Waals surface area contributed by atoms with Crippen LogP contribution in [0.2, 0.25) is 0 Å². The molecule has 0 N–H and O–H groups in total. The predicted octanol–water partition coefficient (Wildman–Crippen LogP) is 16.3. The molecule has 0 bridgehead atoms. The van der Waals surface area contributed by atoms with Gasteiger partial charge in [-0.3, -0.25) is 0 Å². The largest absolute Gasteiger partial charge is 0.456 e. The quantitative estimate of drug-likeness (QED) is 0.173. The first-order chi connectivity index (χ1) is 31.7. The summed E-state index contributed by atoms with van der Waals surface area (Å²) in [4.78, 5) is 15.5. The van der Waals surface area contributed by atoms with Crippen LogP contribution < -0.4 is 0 Å². The van der Waals surface area contributed by atoms with Crippen LogP contribution in [0.25, 0.3) is 135 Å². The second kappa shape index (κ2) is 13.8. The smallest absolute Gasteiger partial charge is 0.164 e. The second-order valence-corrected chi connectivity index (χ2v) is 18.5. The Balaban J connectivity index is 0.888. The number of hydrogen-bond acceptors (Lipinski definition) is 6. The van der Waals surface area contributed by atoms with Crippen molar-refractivity contribution in [2.75, 3.05) is 0 Å². The molecule has 64 heavy (non-hydrogen) atoms. The Hall–Kier alpha value is -7.97. The highest BCUT2D eigenvalue weighted by molar-refractivity contribution is 7.26. The van der Waals surface area contributed by atoms with Crippen LogP contribution in [-0.2, 0) is 0 Å². The van der Waals surface area contributed by atoms with Crippen molar-refractivity contribution in [3.05, 3.63) is 194 Å². The molecule has 14 aromatic rings. The second-order valence-electron chi connectivity index (χ2n) is 16.4. The number of hydrogen-bond donors (Lipinski definition) is 0. The van der Waals surface area contributed by atoms with Crippen molar-refractivity contribution in [1.82, 2.24) is 19.5 Å². The first kappa shape index (κ1) is 35.6. The van der Waals surface area contributed by atoms with Gasteiger partial charge < -0.3 is 8.98 Å². The van der Waals surface area contributed by atoms with E-state index >= 15 is 0 Å². The first-order valence-corrected chi connectivity index (χ1v) is 23.0. The fourth-order valence-corrected chi connectivity index (χ4v) is 11.9. The summed E-state index contributed by atoms with van der Waals surface area (Å²) in [6, 6.07) is 69.1. The van der Waals surface area contributed by atoms with Crippen LogP contribution in [0.5, 0.6) is 0 Å². The van der Waals surface area contributed by atoms with Gasteiger partial charge in [-0.05, 0) is 90.0 Å². The van der Waals surface area contributed by atoms with Crippen LogP contribution in [0.4, 0.5) is 0 Å². The number of aromatic nitrogens is 4. The minimum atomic E-state index is 0.596. The number of thiophene rings is 2. The molecule has 0 saturated carbocycles. The van der Waals surface area contributed by atoms with E-state index in [2.05, 4.69) is 199 Å². The SMILES string of the molecule is c1ccc(-n2c3ccccc3c3cc(-c4ccc5c(c4)oc4cc(-c6nc(-c7ccc8c(c7)sc7ccccc78)nc(-c7ccc8c(c7)sc7ccccc78)n6)ccc45)ccc32)cc1. The molecule has 5 aromatic heterocycles. The summed E-state index contributed by atoms with van der Waals surface area (Å²) in [7, 11) is 0. The van der Waals surface area contributed by atoms with Gasteiger partial charge in [0.2, 0.25) is 0 Å². The molecule has 7 heteroatoms. The lowest BCUT2D eigenvalue weighted by Gasteiger charge is -2.09. The molecule has 5 nitrogen and oxygen atoms in total. The predicted molar refractivity (Wildman–Crippen MR) is 269 cm³/mol. The highest BCUT2D eigenvalue weighted by Crippen LogP contribution is 2.41. The first-order valence-electron chi connectivity index (χ1n) is 21.3. The summed E-state index contributed by atoms with van der Waals surface area (Å²) in [5, 5.41) is 9.57. The zero-order valence-corrected chi connectivity index (χ0v) is 35.6. The van der Waals surface area contributed by atoms with Crippen molar-refractivity contribution < 1.29 is 4.42 Å². The lowest BCUT2D eigenvalue weighted by molar-refractivity contribution is 0.669. The maximum Gasteiger partial charge on any atom is 0.164 e. The van der Waals surface area contributed by atoms with Gasteiger partial charge in [-0.25, -0.2) is 15.0 Å². The molecule has 298 valence electrons. The molecule has 5 heterocycles. The van der Waals surface area contributed by atoms with Gasteiger partial charge in [0.1, 0.15) is 11.2 Å². The van der Waals surface area contributed by atoms with Crippen LogP contribution >= 0.6 is 22.7 Å². The fourth-order valence-electron chi connectivity index (χ4n) is 9.60. The molecule has 9 aromatic carbocycles. The molecule has 0 aliphatic heterocycles. The van der Waals surface area contributed by atoms with E-state index in [0.717, 1.165) is 55.4 Å². The van der Waals surface area contributed by atoms with E-state index in [-0.39, 0.29) is 0 Å². The third-order valence-electron chi connectivity index (χ3n) is 12.7. The van der Waals surface area contributed by atoms with Gasteiger partial charge in [0.15, 0.2) is 17.5 Å². The van der Waals surface area contributed by atoms with Crippen molar-refractivity contribution in [3.63, 3.8) is 0 Å². The van der Waals surface area contributed by atoms with E-state index in [0.29, 0.717) is 17.5 Å². The average molecular weight is 853 g/mol. The Morgan fingerprint density at radius 2 is 0.750 bits per heavy atom. The maximum absolute atomic E-state index is 6.71. The summed E-state index contributed by atoms with van der Waals surface area (Å²) in [6.45, 7) is 0. The molecular weight excluding hydrogens is 821 g/mol. The Kier molecular flexibility index (Phi) is 7.66. The van der Waals surface area contributed by atoms with Gasteiger partial charge in [0.05, 0.1) is 11.0 Å². The van der Waals surface area contributed by atoms with Gasteiger partial charge in [0, 0.05) is 84.3 Å². The molecule has 0 saturated heterocycles. The Bertz CT molecular complexity index is 4080. The van der Waals surface area contributed by atoms with Gasteiger partial charge in [-0.1, -0.05) is 115 Å². The molecule has 0 spiro atoms. The number of furan rings is 1. The van der Waals surface area contributed by atoms with Gasteiger partial charge in [-0.15, -0.1) is 22.7 Å². The molecule has 0 fully saturated rings. The van der Waals surface area contributed by atoms with E-state index in [1.54, 1.807) is 22.7 Å². The molecule has 0 atom stereocenters. The highest BCUT2D eigenvalue weighted by Gasteiger charge is 2.18. The summed E-state index contributed by atoms with van der Waals surface area (Å²) in [6.07, 6.45) is 0. The van der Waals surface area contributed by atoms with Crippen molar-refractivity contribution >= 4 is 107 Å². The maximum atomic E-state index is 6.71. The van der Waals surface area contributed by atoms with E-state index in [1.807, 2.05) is 0 Å². The molecule has 0 amide bonds. The molecule has 0 radical (unpaired) electrons. The number of para-hydroxylation sites is 2. The van der Waals surface area contributed by atoms with E-state index in [9.17, 15) is 0 Å². The number of nitrogens with zero attached hydrogens (tertiary/aromatic N) is 4. The molecule has 0 unspecified atom stereocenters. The normalized spacial score (nSPS) is 12.1. The van der Waals surface area contributed by atoms with Gasteiger partial charge in [0.25, 0.3) is 0 Å². The van der Waals surface area contributed by atoms with Crippen molar-refractivity contribution in [2.24, 2.45) is 0 Å². The van der Waals surface area contributed by atoms with Crippen molar-refractivity contribution in [1.29, 1.82) is 0 Å². The molecule has 0 aliphatic rings. The van der Waals surface area contributed by atoms with Crippen molar-refractivity contribution in [3.8, 4) is 51.0 Å². The number of benzene rings is 9. The number of rotatable bonds is 5. The Morgan fingerprint density at radius 3 is 1.38 bits per heavy atom. The Labute approximate surface area is 373 Å². The minimum Gasteiger partial charge on any atom is -0.456 e. The van der Waals surface area contributed by atoms with E-state index in [4.69, 9.17) is 19.4 Å². The fraction of sp³-hybridized carbons (Fsp3) is 0. The van der Waals surface area contributed by atoms with Crippen LogP contribution in [0.3, 0.4) is 0 Å². The Morgan fingerprint density at radius 1 is 0.312 bits per heavy atom. The standard InChI is InChI=1S/C57H32N4OS2/c1-2-10-38(11-3-1)61-47-15-7-4-12-39(47)46-28-33(22-27-48(46)61)34-18-23-40-41-24-19-35(30-50(41)62-49(40)29-34)55-58-56(36-20-25-44-42-13-5-8-16-51(42)63-53(44)31-36)60-57(59-55)37-21-26-45-43-14-6-9-17-52(43)64-54(45)32-37/h1-32H. The monoisotopic (exact) mass is 852 g/mol. The summed E-state index contributed by atoms with van der Waals surface area (Å²) in [5.74, 6) is 1.86. The minimum absolute atomic E-state index is 0.596. The summed E-state index contributed by atoms with van der Waals surface area (Å²) >= 11 is 3.59. The van der Waals surface area contributed by atoms with Gasteiger partial charge in [-0.2, -0.15) is 0 Å². The van der Waals surface area contributed by atoms with Crippen molar-refractivity contribution in [2.45, 2.75) is 0 Å². The lowest BCUT2D eigenvalue weighted by Crippen LogP contribution is -2.00. The topological polar surface area (TPSA) is 56.7 Å². The van der Waals surface area contributed by atoms with Crippen LogP contribution in [0, 0.1) is 0 Å². The third-order valence-corrected chi connectivity index (χ3v) is 14.9. The lowest BCUT2D eigenvalue weighted by atomic mass is 10.0. The molecule has 14 rings (SSSR count). The average Bonchev–Trinajstić information content (AvgIpc) is 4.11. The van der Waals surface area contributed by atoms with Gasteiger partial charge >= 0.3 is 0 Å². The van der Waals surface area contributed by atoms with Crippen LogP contribution in [0.15, 0.2) is 199 Å². The summed E-state index contributed by atoms with van der Waals surface area (Å²) < 4.78 is 14.0. The van der Waals surface area contributed by atoms with Crippen LogP contribution in [-0.4, -0.2) is 19.5 Å². The number of fused-ring (bicyclic) bond motifs is 12.